The van der Waals surface area contributed by atoms with Crippen LogP contribution in [-0.2, 0) is 4.79 Å². The van der Waals surface area contributed by atoms with Gasteiger partial charge < -0.3 is 14.5 Å². The summed E-state index contributed by atoms with van der Waals surface area (Å²) < 4.78 is 10.9. The van der Waals surface area contributed by atoms with Crippen molar-refractivity contribution in [1.82, 2.24) is 10.9 Å². The Bertz CT molecular complexity index is 1130. The van der Waals surface area contributed by atoms with E-state index in [-0.39, 0.29) is 5.11 Å². The SMILES string of the molecule is Cc1ccccc1NC(=S)NNC(=O)[C@H](C)Oc1ccc2c(C)cc(=O)oc2c1. The molecule has 3 rings (SSSR count). The van der Waals surface area contributed by atoms with Crippen molar-refractivity contribution in [3.63, 3.8) is 0 Å². The maximum absolute atomic E-state index is 12.3. The van der Waals surface area contributed by atoms with Crippen LogP contribution < -0.4 is 26.5 Å². The zero-order valence-electron chi connectivity index (χ0n) is 16.2. The lowest BCUT2D eigenvalue weighted by molar-refractivity contribution is -0.127. The van der Waals surface area contributed by atoms with Crippen LogP contribution >= 0.6 is 12.2 Å². The lowest BCUT2D eigenvalue weighted by Crippen LogP contribution is -2.48. The van der Waals surface area contributed by atoms with E-state index < -0.39 is 17.6 Å². The number of fused-ring (bicyclic) bond motifs is 1. The van der Waals surface area contributed by atoms with Crippen molar-refractivity contribution < 1.29 is 13.9 Å². The number of carbonyl (C=O) groups excluding carboxylic acids is 1. The van der Waals surface area contributed by atoms with Gasteiger partial charge in [0.25, 0.3) is 5.91 Å². The van der Waals surface area contributed by atoms with E-state index in [1.165, 1.54) is 6.07 Å². The molecule has 0 spiro atoms. The Morgan fingerprint density at radius 2 is 1.83 bits per heavy atom. The van der Waals surface area contributed by atoms with Crippen molar-refractivity contribution in [1.29, 1.82) is 0 Å². The molecule has 1 atom stereocenters. The second kappa shape index (κ2) is 8.74. The number of rotatable bonds is 4. The molecule has 0 fully saturated rings. The standard InChI is InChI=1S/C21H21N3O4S/c1-12-6-4-5-7-17(12)22-21(29)24-23-20(26)14(3)27-15-8-9-16-13(2)10-19(25)28-18(16)11-15/h4-11,14H,1-3H3,(H,23,26)(H2,22,24,29)/t14-/m0/s1. The number of para-hydroxylation sites is 1. The van der Waals surface area contributed by atoms with E-state index in [1.54, 1.807) is 25.1 Å². The Balaban J connectivity index is 1.58. The Hall–Kier alpha value is -3.39. The summed E-state index contributed by atoms with van der Waals surface area (Å²) in [6.07, 6.45) is -0.808. The number of thiocarbonyl (C=S) groups is 1. The lowest BCUT2D eigenvalue weighted by Gasteiger charge is -2.17. The predicted octanol–water partition coefficient (Wildman–Crippen LogP) is 3.19. The Kier molecular flexibility index (Phi) is 6.13. The molecule has 1 heterocycles. The summed E-state index contributed by atoms with van der Waals surface area (Å²) in [6, 6.07) is 14.2. The van der Waals surface area contributed by atoms with Crippen LogP contribution in [0.1, 0.15) is 18.1 Å². The van der Waals surface area contributed by atoms with Crippen molar-refractivity contribution in [3.05, 3.63) is 70.1 Å². The third-order valence-corrected chi connectivity index (χ3v) is 4.50. The quantitative estimate of drug-likeness (QED) is 0.345. The number of hydrogen-bond acceptors (Lipinski definition) is 5. The van der Waals surface area contributed by atoms with Gasteiger partial charge in [0.15, 0.2) is 11.2 Å². The first-order chi connectivity index (χ1) is 13.8. The van der Waals surface area contributed by atoms with Crippen LogP contribution in [0, 0.1) is 13.8 Å². The molecule has 2 aromatic carbocycles. The van der Waals surface area contributed by atoms with E-state index in [0.29, 0.717) is 11.3 Å². The maximum Gasteiger partial charge on any atom is 0.336 e. The molecule has 1 aromatic heterocycles. The van der Waals surface area contributed by atoms with Crippen LogP contribution in [-0.4, -0.2) is 17.1 Å². The van der Waals surface area contributed by atoms with Crippen LogP contribution in [0.2, 0.25) is 0 Å². The number of hydrazine groups is 1. The number of anilines is 1. The smallest absolute Gasteiger partial charge is 0.336 e. The number of carbonyl (C=O) groups is 1. The summed E-state index contributed by atoms with van der Waals surface area (Å²) in [6.45, 7) is 5.38. The molecule has 0 radical (unpaired) electrons. The first-order valence-corrected chi connectivity index (χ1v) is 9.38. The van der Waals surface area contributed by atoms with Crippen molar-refractivity contribution in [3.8, 4) is 5.75 Å². The average molecular weight is 411 g/mol. The molecule has 0 unspecified atom stereocenters. The molecule has 8 heteroatoms. The van der Waals surface area contributed by atoms with Crippen LogP contribution in [0.25, 0.3) is 11.0 Å². The van der Waals surface area contributed by atoms with E-state index in [2.05, 4.69) is 16.2 Å². The summed E-state index contributed by atoms with van der Waals surface area (Å²) in [7, 11) is 0. The third kappa shape index (κ3) is 5.11. The summed E-state index contributed by atoms with van der Waals surface area (Å²) in [5, 5.41) is 4.07. The van der Waals surface area contributed by atoms with E-state index in [4.69, 9.17) is 21.4 Å². The zero-order chi connectivity index (χ0) is 21.0. The van der Waals surface area contributed by atoms with Gasteiger partial charge in [-0.15, -0.1) is 0 Å². The van der Waals surface area contributed by atoms with Gasteiger partial charge in [-0.1, -0.05) is 18.2 Å². The monoisotopic (exact) mass is 411 g/mol. The van der Waals surface area contributed by atoms with Gasteiger partial charge in [-0.25, -0.2) is 4.79 Å². The van der Waals surface area contributed by atoms with Gasteiger partial charge in [-0.05, 0) is 62.3 Å². The molecule has 0 saturated heterocycles. The van der Waals surface area contributed by atoms with Crippen LogP contribution in [0.5, 0.6) is 5.75 Å². The highest BCUT2D eigenvalue weighted by atomic mass is 32.1. The highest BCUT2D eigenvalue weighted by molar-refractivity contribution is 7.80. The zero-order valence-corrected chi connectivity index (χ0v) is 17.1. The molecular weight excluding hydrogens is 390 g/mol. The van der Waals surface area contributed by atoms with Gasteiger partial charge in [-0.3, -0.25) is 15.6 Å². The molecule has 0 aliphatic rings. The second-order valence-corrected chi connectivity index (χ2v) is 6.96. The van der Waals surface area contributed by atoms with Gasteiger partial charge in [0, 0.05) is 23.2 Å². The Morgan fingerprint density at radius 1 is 1.07 bits per heavy atom. The Labute approximate surface area is 173 Å². The summed E-state index contributed by atoms with van der Waals surface area (Å²) in [4.78, 5) is 23.8. The third-order valence-electron chi connectivity index (χ3n) is 4.30. The van der Waals surface area contributed by atoms with E-state index in [0.717, 1.165) is 22.2 Å². The van der Waals surface area contributed by atoms with Crippen LogP contribution in [0.3, 0.4) is 0 Å². The fraction of sp³-hybridized carbons (Fsp3) is 0.190. The number of aryl methyl sites for hydroxylation is 2. The Morgan fingerprint density at radius 3 is 2.59 bits per heavy atom. The fourth-order valence-electron chi connectivity index (χ4n) is 2.72. The highest BCUT2D eigenvalue weighted by Crippen LogP contribution is 2.23. The fourth-order valence-corrected chi connectivity index (χ4v) is 2.88. The predicted molar refractivity (Wildman–Crippen MR) is 116 cm³/mol. The first kappa shape index (κ1) is 20.3. The lowest BCUT2D eigenvalue weighted by atomic mass is 10.1. The van der Waals surface area contributed by atoms with Gasteiger partial charge in [0.1, 0.15) is 11.3 Å². The van der Waals surface area contributed by atoms with E-state index in [9.17, 15) is 9.59 Å². The summed E-state index contributed by atoms with van der Waals surface area (Å²) in [5.41, 5.74) is 7.81. The number of hydrogen-bond donors (Lipinski definition) is 3. The number of amides is 1. The average Bonchev–Trinajstić information content (AvgIpc) is 2.67. The first-order valence-electron chi connectivity index (χ1n) is 8.97. The minimum atomic E-state index is -0.808. The van der Waals surface area contributed by atoms with Crippen molar-refractivity contribution in [2.24, 2.45) is 0 Å². The molecule has 0 saturated carbocycles. The highest BCUT2D eigenvalue weighted by Gasteiger charge is 2.16. The van der Waals surface area contributed by atoms with Crippen LogP contribution in [0.4, 0.5) is 5.69 Å². The number of ether oxygens (including phenoxy) is 1. The van der Waals surface area contributed by atoms with Gasteiger partial charge in [0.05, 0.1) is 0 Å². The number of benzene rings is 2. The molecule has 1 amide bonds. The number of nitrogens with one attached hydrogen (secondary N) is 3. The molecule has 0 aliphatic carbocycles. The molecular formula is C21H21N3O4S. The molecule has 3 aromatic rings. The maximum atomic E-state index is 12.3. The van der Waals surface area contributed by atoms with Gasteiger partial charge >= 0.3 is 5.63 Å². The van der Waals surface area contributed by atoms with E-state index >= 15 is 0 Å². The van der Waals surface area contributed by atoms with Crippen LogP contribution in [0.15, 0.2) is 57.7 Å². The molecule has 7 nitrogen and oxygen atoms in total. The normalized spacial score (nSPS) is 11.6. The molecule has 29 heavy (non-hydrogen) atoms. The minimum absolute atomic E-state index is 0.253. The molecule has 150 valence electrons. The minimum Gasteiger partial charge on any atom is -0.481 e. The largest absolute Gasteiger partial charge is 0.481 e. The molecule has 0 bridgehead atoms. The second-order valence-electron chi connectivity index (χ2n) is 6.55. The van der Waals surface area contributed by atoms with Gasteiger partial charge in [-0.2, -0.15) is 0 Å². The van der Waals surface area contributed by atoms with Crippen molar-refractivity contribution >= 4 is 39.9 Å². The van der Waals surface area contributed by atoms with Crippen molar-refractivity contribution in [2.45, 2.75) is 26.9 Å². The van der Waals surface area contributed by atoms with Crippen molar-refractivity contribution in [2.75, 3.05) is 5.32 Å². The van der Waals surface area contributed by atoms with Gasteiger partial charge in [0.2, 0.25) is 0 Å². The summed E-state index contributed by atoms with van der Waals surface area (Å²) in [5.74, 6) is -0.000706. The van der Waals surface area contributed by atoms with E-state index in [1.807, 2.05) is 38.1 Å². The topological polar surface area (TPSA) is 92.6 Å². The molecule has 0 aliphatic heterocycles. The summed E-state index contributed by atoms with van der Waals surface area (Å²) >= 11 is 5.19. The molecule has 3 N–H and O–H groups in total.